The number of benzene rings is 1. The lowest BCUT2D eigenvalue weighted by Crippen LogP contribution is -2.59. The number of amides is 1. The predicted octanol–water partition coefficient (Wildman–Crippen LogP) is 5.39. The number of aliphatic carboxylic acids is 1. The number of nitrogens with one attached hydrogen (secondary N) is 1. The Morgan fingerprint density at radius 1 is 1.30 bits per heavy atom. The number of carboxylic acids is 1. The molecule has 1 aliphatic carbocycles. The zero-order valence-electron chi connectivity index (χ0n) is 16.1. The van der Waals surface area contributed by atoms with E-state index < -0.39 is 23.2 Å². The van der Waals surface area contributed by atoms with E-state index in [4.69, 9.17) is 4.74 Å². The molecule has 0 heterocycles. The normalized spacial score (nSPS) is 17.6. The lowest BCUT2D eigenvalue weighted by atomic mass is 9.79. The summed E-state index contributed by atoms with van der Waals surface area (Å²) < 4.78 is 6.30. The molecule has 27 heavy (non-hydrogen) atoms. The highest BCUT2D eigenvalue weighted by Crippen LogP contribution is 2.37. The van der Waals surface area contributed by atoms with E-state index in [9.17, 15) is 14.7 Å². The number of rotatable bonds is 6. The highest BCUT2D eigenvalue weighted by Gasteiger charge is 2.48. The van der Waals surface area contributed by atoms with Gasteiger partial charge in [0.1, 0.15) is 11.1 Å². The Balaban J connectivity index is 2.24. The van der Waals surface area contributed by atoms with Crippen LogP contribution in [0.1, 0.15) is 58.4 Å². The number of alkyl carbamates (subject to hydrolysis) is 1. The fourth-order valence-electron chi connectivity index (χ4n) is 3.53. The van der Waals surface area contributed by atoms with Crippen LogP contribution in [0, 0.1) is 5.92 Å². The Morgan fingerprint density at radius 3 is 2.52 bits per heavy atom. The van der Waals surface area contributed by atoms with Crippen molar-refractivity contribution in [2.24, 2.45) is 5.92 Å². The van der Waals surface area contributed by atoms with E-state index in [0.29, 0.717) is 0 Å². The molecule has 0 bridgehead atoms. The lowest BCUT2D eigenvalue weighted by Gasteiger charge is -2.36. The molecule has 1 aliphatic rings. The molecule has 5 nitrogen and oxygen atoms in total. The van der Waals surface area contributed by atoms with Crippen molar-refractivity contribution in [1.29, 1.82) is 0 Å². The van der Waals surface area contributed by atoms with Gasteiger partial charge in [-0.15, -0.1) is 0 Å². The molecule has 1 aromatic carbocycles. The third-order valence-corrected chi connectivity index (χ3v) is 5.25. The van der Waals surface area contributed by atoms with Crippen molar-refractivity contribution >= 4 is 34.1 Å². The minimum absolute atomic E-state index is 0.116. The van der Waals surface area contributed by atoms with Crippen LogP contribution in [-0.4, -0.2) is 28.3 Å². The van der Waals surface area contributed by atoms with E-state index >= 15 is 0 Å². The molecule has 0 unspecified atom stereocenters. The van der Waals surface area contributed by atoms with Crippen LogP contribution in [0.4, 0.5) is 4.79 Å². The van der Waals surface area contributed by atoms with Gasteiger partial charge in [0.15, 0.2) is 0 Å². The quantitative estimate of drug-likeness (QED) is 0.625. The second kappa shape index (κ2) is 8.91. The second-order valence-corrected chi connectivity index (χ2v) is 8.96. The van der Waals surface area contributed by atoms with E-state index in [0.717, 1.165) is 35.7 Å². The molecule has 0 spiro atoms. The second-order valence-electron chi connectivity index (χ2n) is 8.05. The van der Waals surface area contributed by atoms with Crippen molar-refractivity contribution in [3.8, 4) is 0 Å². The minimum Gasteiger partial charge on any atom is -0.479 e. The van der Waals surface area contributed by atoms with Gasteiger partial charge >= 0.3 is 12.1 Å². The fourth-order valence-corrected chi connectivity index (χ4v) is 3.95. The minimum atomic E-state index is -1.36. The number of hydrogen-bond acceptors (Lipinski definition) is 3. The van der Waals surface area contributed by atoms with Gasteiger partial charge in [0.05, 0.1) is 0 Å². The molecule has 0 saturated heterocycles. The van der Waals surface area contributed by atoms with Gasteiger partial charge in [0, 0.05) is 4.47 Å². The molecule has 1 atom stereocenters. The van der Waals surface area contributed by atoms with Crippen molar-refractivity contribution in [3.63, 3.8) is 0 Å². The van der Waals surface area contributed by atoms with Crippen LogP contribution in [0.15, 0.2) is 34.8 Å². The standard InChI is InChI=1S/C21H28BrNO4/c1-20(2,3)27-19(26)23-21(18(24)25,16-10-4-5-11-16)13-7-9-15-8-6-12-17(22)14-15/h6-9,12,14,16H,4-5,10-11,13H2,1-3H3,(H,23,26)(H,24,25)/t21-/m0/s1. The molecule has 1 fully saturated rings. The zero-order chi connectivity index (χ0) is 20.1. The maximum Gasteiger partial charge on any atom is 0.408 e. The van der Waals surface area contributed by atoms with Gasteiger partial charge < -0.3 is 15.2 Å². The summed E-state index contributed by atoms with van der Waals surface area (Å²) in [5.74, 6) is -1.13. The third-order valence-electron chi connectivity index (χ3n) is 4.76. The van der Waals surface area contributed by atoms with Crippen LogP contribution in [0.5, 0.6) is 0 Å². The SMILES string of the molecule is CC(C)(C)OC(=O)N[C@](CC=Cc1cccc(Br)c1)(C(=O)O)C1CCCC1. The molecule has 6 heteroatoms. The lowest BCUT2D eigenvalue weighted by molar-refractivity contribution is -0.147. The molecular weight excluding hydrogens is 410 g/mol. The van der Waals surface area contributed by atoms with Gasteiger partial charge in [-0.25, -0.2) is 9.59 Å². The first kappa shape index (κ1) is 21.5. The smallest absolute Gasteiger partial charge is 0.408 e. The van der Waals surface area contributed by atoms with Crippen LogP contribution in [0.25, 0.3) is 6.08 Å². The summed E-state index contributed by atoms with van der Waals surface area (Å²) in [7, 11) is 0. The van der Waals surface area contributed by atoms with E-state index in [1.807, 2.05) is 36.4 Å². The maximum atomic E-state index is 12.4. The number of carboxylic acid groups (broad SMARTS) is 1. The Labute approximate surface area is 169 Å². The first-order valence-electron chi connectivity index (χ1n) is 9.29. The van der Waals surface area contributed by atoms with Crippen LogP contribution in [0.3, 0.4) is 0 Å². The summed E-state index contributed by atoms with van der Waals surface area (Å²) in [5, 5.41) is 12.8. The highest BCUT2D eigenvalue weighted by molar-refractivity contribution is 9.10. The Kier molecular flexibility index (Phi) is 7.09. The summed E-state index contributed by atoms with van der Waals surface area (Å²) in [4.78, 5) is 24.7. The number of hydrogen-bond donors (Lipinski definition) is 2. The van der Waals surface area contributed by atoms with E-state index in [1.165, 1.54) is 0 Å². The van der Waals surface area contributed by atoms with Gasteiger partial charge in [-0.3, -0.25) is 0 Å². The molecule has 0 aliphatic heterocycles. The Hall–Kier alpha value is -1.82. The molecule has 1 amide bonds. The molecule has 1 saturated carbocycles. The number of ether oxygens (including phenoxy) is 1. The number of carbonyl (C=O) groups is 2. The monoisotopic (exact) mass is 437 g/mol. The van der Waals surface area contributed by atoms with Crippen molar-refractivity contribution in [3.05, 3.63) is 40.4 Å². The molecule has 0 radical (unpaired) electrons. The van der Waals surface area contributed by atoms with Crippen LogP contribution < -0.4 is 5.32 Å². The first-order chi connectivity index (χ1) is 12.6. The number of carbonyl (C=O) groups excluding carboxylic acids is 1. The molecule has 148 valence electrons. The van der Waals surface area contributed by atoms with E-state index in [1.54, 1.807) is 20.8 Å². The van der Waals surface area contributed by atoms with Gasteiger partial charge in [-0.05, 0) is 63.6 Å². The zero-order valence-corrected chi connectivity index (χ0v) is 17.7. The molecule has 2 N–H and O–H groups in total. The molecule has 1 aromatic rings. The molecular formula is C21H28BrNO4. The average Bonchev–Trinajstić information content (AvgIpc) is 3.06. The number of halogens is 1. The molecule has 2 rings (SSSR count). The summed E-state index contributed by atoms with van der Waals surface area (Å²) in [6, 6.07) is 7.75. The van der Waals surface area contributed by atoms with Crippen LogP contribution >= 0.6 is 15.9 Å². The molecule has 0 aromatic heterocycles. The van der Waals surface area contributed by atoms with Gasteiger partial charge in [0.25, 0.3) is 0 Å². The largest absolute Gasteiger partial charge is 0.479 e. The summed E-state index contributed by atoms with van der Waals surface area (Å²) in [5.41, 5.74) is -1.08. The topological polar surface area (TPSA) is 75.6 Å². The fraction of sp³-hybridized carbons (Fsp3) is 0.524. The van der Waals surface area contributed by atoms with Gasteiger partial charge in [-0.2, -0.15) is 0 Å². The highest BCUT2D eigenvalue weighted by atomic mass is 79.9. The first-order valence-corrected chi connectivity index (χ1v) is 10.1. The third kappa shape index (κ3) is 6.09. The van der Waals surface area contributed by atoms with Crippen molar-refractivity contribution < 1.29 is 19.4 Å². The van der Waals surface area contributed by atoms with Crippen molar-refractivity contribution in [1.82, 2.24) is 5.32 Å². The predicted molar refractivity (Wildman–Crippen MR) is 109 cm³/mol. The van der Waals surface area contributed by atoms with Crippen LogP contribution in [-0.2, 0) is 9.53 Å². The van der Waals surface area contributed by atoms with Crippen molar-refractivity contribution in [2.45, 2.75) is 64.0 Å². The van der Waals surface area contributed by atoms with Crippen LogP contribution in [0.2, 0.25) is 0 Å². The Morgan fingerprint density at radius 2 is 1.96 bits per heavy atom. The van der Waals surface area contributed by atoms with E-state index in [2.05, 4.69) is 21.2 Å². The van der Waals surface area contributed by atoms with Crippen molar-refractivity contribution in [2.75, 3.05) is 0 Å². The maximum absolute atomic E-state index is 12.4. The van der Waals surface area contributed by atoms with Gasteiger partial charge in [-0.1, -0.05) is 53.1 Å². The summed E-state index contributed by atoms with van der Waals surface area (Å²) in [6.45, 7) is 5.29. The average molecular weight is 438 g/mol. The van der Waals surface area contributed by atoms with E-state index in [-0.39, 0.29) is 12.3 Å². The summed E-state index contributed by atoms with van der Waals surface area (Å²) in [6.07, 6.45) is 6.75. The Bertz CT molecular complexity index is 704. The summed E-state index contributed by atoms with van der Waals surface area (Å²) >= 11 is 3.43. The van der Waals surface area contributed by atoms with Gasteiger partial charge in [0.2, 0.25) is 0 Å².